The van der Waals surface area contributed by atoms with Crippen molar-refractivity contribution in [3.63, 3.8) is 0 Å². The molecule has 4 rings (SSSR count). The number of nitrogens with zero attached hydrogens (tertiary/aromatic N) is 3. The maximum Gasteiger partial charge on any atom is 0.338 e. The summed E-state index contributed by atoms with van der Waals surface area (Å²) in [6.45, 7) is 1.02. The molecule has 140 valence electrons. The smallest absolute Gasteiger partial charge is 0.338 e. The van der Waals surface area contributed by atoms with Gasteiger partial charge in [-0.2, -0.15) is 5.10 Å². The van der Waals surface area contributed by atoms with E-state index in [2.05, 4.69) is 15.4 Å². The highest BCUT2D eigenvalue weighted by molar-refractivity contribution is 6.37. The molecule has 1 aliphatic rings. The van der Waals surface area contributed by atoms with Gasteiger partial charge in [-0.1, -0.05) is 11.6 Å². The van der Waals surface area contributed by atoms with Crippen LogP contribution in [0.4, 0.5) is 15.9 Å². The average molecular weight is 393 g/mol. The van der Waals surface area contributed by atoms with Crippen molar-refractivity contribution >= 4 is 34.6 Å². The topological polar surface area (TPSA) is 98.0 Å². The van der Waals surface area contributed by atoms with Crippen LogP contribution in [0.25, 0.3) is 5.52 Å². The lowest BCUT2D eigenvalue weighted by atomic mass is 10.2. The first-order valence-electron chi connectivity index (χ1n) is 8.09. The quantitative estimate of drug-likeness (QED) is 0.688. The van der Waals surface area contributed by atoms with Crippen LogP contribution in [0.15, 0.2) is 30.7 Å². The zero-order valence-corrected chi connectivity index (χ0v) is 14.6. The molecule has 1 aromatic carbocycles. The van der Waals surface area contributed by atoms with Crippen molar-refractivity contribution in [2.75, 3.05) is 18.5 Å². The molecule has 0 saturated carbocycles. The second-order valence-corrected chi connectivity index (χ2v) is 6.31. The Morgan fingerprint density at radius 2 is 2.33 bits per heavy atom. The second kappa shape index (κ2) is 7.01. The molecule has 3 heterocycles. The van der Waals surface area contributed by atoms with E-state index in [1.165, 1.54) is 35.2 Å². The molecule has 0 aliphatic carbocycles. The minimum absolute atomic E-state index is 0.000581. The van der Waals surface area contributed by atoms with Gasteiger partial charge in [0.2, 0.25) is 0 Å². The number of rotatable bonds is 5. The molecule has 0 spiro atoms. The standard InChI is InChI=1S/C17H14ClFN4O4/c18-14-11(17(24)25)6-23-15(14)16(20-8-21-23)22-12-2-1-9(19)5-13(12)27-10-3-4-26-7-10/h1-2,5-6,8,10H,3-4,7H2,(H,24,25)(H,20,21,22)/t10-/m0/s1. The van der Waals surface area contributed by atoms with Gasteiger partial charge in [-0.25, -0.2) is 18.7 Å². The van der Waals surface area contributed by atoms with E-state index in [4.69, 9.17) is 21.1 Å². The number of carboxylic acids is 1. The van der Waals surface area contributed by atoms with Crippen LogP contribution >= 0.6 is 11.6 Å². The summed E-state index contributed by atoms with van der Waals surface area (Å²) in [7, 11) is 0. The van der Waals surface area contributed by atoms with Gasteiger partial charge in [0, 0.05) is 18.7 Å². The Labute approximate surface area is 157 Å². The Bertz CT molecular complexity index is 1020. The molecule has 0 amide bonds. The number of carbonyl (C=O) groups is 1. The minimum atomic E-state index is -1.18. The first-order chi connectivity index (χ1) is 13.0. The lowest BCUT2D eigenvalue weighted by molar-refractivity contribution is 0.0697. The number of ether oxygens (including phenoxy) is 2. The van der Waals surface area contributed by atoms with E-state index in [0.717, 1.165) is 0 Å². The Kier molecular flexibility index (Phi) is 4.54. The number of halogens is 2. The third-order valence-electron chi connectivity index (χ3n) is 4.12. The molecule has 1 atom stereocenters. The molecule has 0 unspecified atom stereocenters. The van der Waals surface area contributed by atoms with Crippen molar-refractivity contribution < 1.29 is 23.8 Å². The number of nitrogens with one attached hydrogen (secondary N) is 1. The minimum Gasteiger partial charge on any atom is -0.486 e. The molecule has 10 heteroatoms. The van der Waals surface area contributed by atoms with E-state index in [0.29, 0.717) is 31.1 Å². The van der Waals surface area contributed by atoms with E-state index in [9.17, 15) is 14.3 Å². The molecule has 3 aromatic rings. The van der Waals surface area contributed by atoms with E-state index < -0.39 is 11.8 Å². The highest BCUT2D eigenvalue weighted by Crippen LogP contribution is 2.34. The fourth-order valence-electron chi connectivity index (χ4n) is 2.83. The molecule has 1 saturated heterocycles. The van der Waals surface area contributed by atoms with Crippen LogP contribution in [0.5, 0.6) is 5.75 Å². The highest BCUT2D eigenvalue weighted by Gasteiger charge is 2.22. The molecular formula is C17H14ClFN4O4. The van der Waals surface area contributed by atoms with Gasteiger partial charge in [0.1, 0.15) is 29.5 Å². The predicted octanol–water partition coefficient (Wildman–Crippen LogP) is 3.13. The lowest BCUT2D eigenvalue weighted by Gasteiger charge is -2.17. The van der Waals surface area contributed by atoms with Crippen LogP contribution in [0, 0.1) is 5.82 Å². The summed E-state index contributed by atoms with van der Waals surface area (Å²) < 4.78 is 26.2. The fourth-order valence-corrected chi connectivity index (χ4v) is 3.13. The summed E-state index contributed by atoms with van der Waals surface area (Å²) in [5, 5.41) is 16.2. The molecule has 1 aliphatic heterocycles. The third-order valence-corrected chi connectivity index (χ3v) is 4.50. The number of fused-ring (bicyclic) bond motifs is 1. The number of carboxylic acid groups (broad SMARTS) is 1. The summed E-state index contributed by atoms with van der Waals surface area (Å²) in [5.74, 6) is -1.07. The molecule has 2 aromatic heterocycles. The lowest BCUT2D eigenvalue weighted by Crippen LogP contribution is -2.16. The number of benzene rings is 1. The molecule has 0 radical (unpaired) electrons. The Morgan fingerprint density at radius 1 is 1.48 bits per heavy atom. The van der Waals surface area contributed by atoms with Crippen LogP contribution in [0.1, 0.15) is 16.8 Å². The third kappa shape index (κ3) is 3.38. The van der Waals surface area contributed by atoms with E-state index in [1.807, 2.05) is 0 Å². The van der Waals surface area contributed by atoms with Crippen LogP contribution < -0.4 is 10.1 Å². The van der Waals surface area contributed by atoms with Gasteiger partial charge in [0.25, 0.3) is 0 Å². The van der Waals surface area contributed by atoms with Crippen LogP contribution in [0.3, 0.4) is 0 Å². The summed E-state index contributed by atoms with van der Waals surface area (Å²) in [4.78, 5) is 15.4. The summed E-state index contributed by atoms with van der Waals surface area (Å²) in [6, 6.07) is 4.05. The first kappa shape index (κ1) is 17.5. The van der Waals surface area contributed by atoms with Crippen molar-refractivity contribution in [1.82, 2.24) is 14.6 Å². The van der Waals surface area contributed by atoms with Gasteiger partial charge >= 0.3 is 5.97 Å². The van der Waals surface area contributed by atoms with Crippen molar-refractivity contribution in [2.45, 2.75) is 12.5 Å². The largest absolute Gasteiger partial charge is 0.486 e. The van der Waals surface area contributed by atoms with Gasteiger partial charge in [0.15, 0.2) is 5.82 Å². The van der Waals surface area contributed by atoms with Crippen molar-refractivity contribution in [3.8, 4) is 5.75 Å². The number of aromatic nitrogens is 3. The second-order valence-electron chi connectivity index (χ2n) is 5.93. The van der Waals surface area contributed by atoms with Gasteiger partial charge < -0.3 is 19.9 Å². The van der Waals surface area contributed by atoms with E-state index in [-0.39, 0.29) is 28.0 Å². The van der Waals surface area contributed by atoms with E-state index in [1.54, 1.807) is 0 Å². The maximum atomic E-state index is 13.7. The highest BCUT2D eigenvalue weighted by atomic mass is 35.5. The zero-order chi connectivity index (χ0) is 19.0. The molecule has 2 N–H and O–H groups in total. The van der Waals surface area contributed by atoms with Gasteiger partial charge in [-0.3, -0.25) is 0 Å². The first-order valence-corrected chi connectivity index (χ1v) is 8.47. The molecule has 27 heavy (non-hydrogen) atoms. The average Bonchev–Trinajstić information content (AvgIpc) is 3.26. The van der Waals surface area contributed by atoms with Crippen LogP contribution in [0.2, 0.25) is 5.02 Å². The SMILES string of the molecule is O=C(O)c1cn2ncnc(Nc3ccc(F)cc3O[C@H]3CCOC3)c2c1Cl. The zero-order valence-electron chi connectivity index (χ0n) is 13.9. The Hall–Kier alpha value is -2.91. The fraction of sp³-hybridized carbons (Fsp3) is 0.235. The number of hydrogen-bond acceptors (Lipinski definition) is 6. The normalized spacial score (nSPS) is 16.6. The maximum absolute atomic E-state index is 13.7. The predicted molar refractivity (Wildman–Crippen MR) is 94.5 cm³/mol. The molecule has 1 fully saturated rings. The monoisotopic (exact) mass is 392 g/mol. The Balaban J connectivity index is 1.73. The van der Waals surface area contributed by atoms with Crippen molar-refractivity contribution in [3.05, 3.63) is 47.1 Å². The molecule has 8 nitrogen and oxygen atoms in total. The molecular weight excluding hydrogens is 379 g/mol. The van der Waals surface area contributed by atoms with Crippen LogP contribution in [-0.4, -0.2) is 45.0 Å². The summed E-state index contributed by atoms with van der Waals surface area (Å²) in [5.41, 5.74) is 0.646. The summed E-state index contributed by atoms with van der Waals surface area (Å²) in [6.07, 6.45) is 3.09. The number of anilines is 2. The van der Waals surface area contributed by atoms with Gasteiger partial charge in [-0.05, 0) is 12.1 Å². The Morgan fingerprint density at radius 3 is 3.07 bits per heavy atom. The number of aromatic carboxylic acids is 1. The molecule has 0 bridgehead atoms. The van der Waals surface area contributed by atoms with E-state index >= 15 is 0 Å². The van der Waals surface area contributed by atoms with Gasteiger partial charge in [0.05, 0.1) is 29.5 Å². The van der Waals surface area contributed by atoms with Crippen LogP contribution in [-0.2, 0) is 4.74 Å². The summed E-state index contributed by atoms with van der Waals surface area (Å²) >= 11 is 6.20. The van der Waals surface area contributed by atoms with Crippen molar-refractivity contribution in [2.24, 2.45) is 0 Å². The number of hydrogen-bond donors (Lipinski definition) is 2. The van der Waals surface area contributed by atoms with Gasteiger partial charge in [-0.15, -0.1) is 0 Å². The van der Waals surface area contributed by atoms with Crippen molar-refractivity contribution in [1.29, 1.82) is 0 Å².